The highest BCUT2D eigenvalue weighted by molar-refractivity contribution is 6.08. The van der Waals surface area contributed by atoms with Crippen LogP contribution in [0, 0.1) is 12.8 Å². The Bertz CT molecular complexity index is 696. The minimum absolute atomic E-state index is 0.136. The molecular weight excluding hydrogens is 334 g/mol. The molecule has 7 nitrogen and oxygen atoms in total. The summed E-state index contributed by atoms with van der Waals surface area (Å²) in [4.78, 5) is 35.5. The molecule has 1 aliphatic rings. The smallest absolute Gasteiger partial charge is 0.325 e. The number of carbonyl (C=O) groups excluding carboxylic acids is 2. The van der Waals surface area contributed by atoms with Gasteiger partial charge in [0.2, 0.25) is 5.91 Å². The van der Waals surface area contributed by atoms with Crippen LogP contribution in [0.3, 0.4) is 0 Å². The van der Waals surface area contributed by atoms with Crippen LogP contribution in [0.5, 0.6) is 0 Å². The van der Waals surface area contributed by atoms with Crippen LogP contribution in [0.25, 0.3) is 0 Å². The summed E-state index contributed by atoms with van der Waals surface area (Å²) < 4.78 is 0. The first kappa shape index (κ1) is 19.9. The highest BCUT2D eigenvalue weighted by Gasteiger charge is 2.24. The number of amides is 2. The molecule has 1 unspecified atom stereocenters. The van der Waals surface area contributed by atoms with E-state index in [0.29, 0.717) is 12.3 Å². The zero-order valence-corrected chi connectivity index (χ0v) is 15.3. The first-order valence-electron chi connectivity index (χ1n) is 8.98. The van der Waals surface area contributed by atoms with Crippen molar-refractivity contribution in [1.82, 2.24) is 10.6 Å². The molecule has 1 aromatic rings. The highest BCUT2D eigenvalue weighted by Crippen LogP contribution is 2.25. The number of nitrogens with one attached hydrogen (secondary N) is 2. The molecule has 26 heavy (non-hydrogen) atoms. The zero-order valence-electron chi connectivity index (χ0n) is 15.3. The molecule has 0 radical (unpaired) electrons. The Balaban J connectivity index is 2.27. The van der Waals surface area contributed by atoms with Crippen molar-refractivity contribution in [2.45, 2.75) is 45.6 Å². The van der Waals surface area contributed by atoms with Gasteiger partial charge in [0.05, 0.1) is 11.1 Å². The summed E-state index contributed by atoms with van der Waals surface area (Å²) >= 11 is 0. The van der Waals surface area contributed by atoms with Crippen molar-refractivity contribution in [3.63, 3.8) is 0 Å². The van der Waals surface area contributed by atoms with Crippen LogP contribution in [0.4, 0.5) is 0 Å². The SMILES string of the molecule is Cc1ccc(C(=O)NC(C)C(=O)O)c(C(N)=O)c1CCC1CCNCC1. The second-order valence-corrected chi connectivity index (χ2v) is 6.91. The number of hydrogen-bond donors (Lipinski definition) is 4. The molecule has 2 rings (SSSR count). The molecule has 0 spiro atoms. The monoisotopic (exact) mass is 361 g/mol. The van der Waals surface area contributed by atoms with E-state index in [4.69, 9.17) is 10.8 Å². The van der Waals surface area contributed by atoms with Crippen molar-refractivity contribution in [3.05, 3.63) is 34.4 Å². The largest absolute Gasteiger partial charge is 0.480 e. The lowest BCUT2D eigenvalue weighted by atomic mass is 9.87. The number of nitrogens with two attached hydrogens (primary N) is 1. The average molecular weight is 361 g/mol. The zero-order chi connectivity index (χ0) is 19.3. The van der Waals surface area contributed by atoms with Crippen LogP contribution in [0.1, 0.15) is 58.0 Å². The normalized spacial score (nSPS) is 16.1. The number of carbonyl (C=O) groups is 3. The van der Waals surface area contributed by atoms with Crippen LogP contribution in [-0.4, -0.2) is 42.0 Å². The number of aryl methyl sites for hydroxylation is 1. The summed E-state index contributed by atoms with van der Waals surface area (Å²) in [5.41, 5.74) is 7.61. The standard InChI is InChI=1S/C19H27N3O4/c1-11-3-5-15(18(24)22-12(2)19(25)26)16(17(20)23)14(11)6-4-13-7-9-21-10-8-13/h3,5,12-13,21H,4,6-10H2,1-2H3,(H2,20,23)(H,22,24)(H,25,26). The quantitative estimate of drug-likeness (QED) is 0.582. The number of aliphatic carboxylic acids is 1. The van der Waals surface area contributed by atoms with Crippen LogP contribution in [0.2, 0.25) is 0 Å². The molecule has 1 heterocycles. The molecule has 1 fully saturated rings. The Kier molecular flexibility index (Phi) is 6.74. The summed E-state index contributed by atoms with van der Waals surface area (Å²) in [5.74, 6) is -1.82. The van der Waals surface area contributed by atoms with Gasteiger partial charge in [-0.25, -0.2) is 0 Å². The number of hydrogen-bond acceptors (Lipinski definition) is 4. The van der Waals surface area contributed by atoms with E-state index < -0.39 is 23.8 Å². The van der Waals surface area contributed by atoms with Gasteiger partial charge in [0.25, 0.3) is 5.91 Å². The Labute approximate surface area is 153 Å². The fraction of sp³-hybridized carbons (Fsp3) is 0.526. The lowest BCUT2D eigenvalue weighted by molar-refractivity contribution is -0.138. The summed E-state index contributed by atoms with van der Waals surface area (Å²) in [6.45, 7) is 5.27. The third kappa shape index (κ3) is 4.82. The van der Waals surface area contributed by atoms with Gasteiger partial charge in [-0.2, -0.15) is 0 Å². The van der Waals surface area contributed by atoms with Crippen molar-refractivity contribution in [3.8, 4) is 0 Å². The van der Waals surface area contributed by atoms with Crippen LogP contribution in [-0.2, 0) is 11.2 Å². The summed E-state index contributed by atoms with van der Waals surface area (Å²) in [5, 5.41) is 14.7. The first-order valence-corrected chi connectivity index (χ1v) is 8.98. The Morgan fingerprint density at radius 2 is 1.96 bits per heavy atom. The molecule has 0 aromatic heterocycles. The fourth-order valence-electron chi connectivity index (χ4n) is 3.40. The molecule has 1 aromatic carbocycles. The molecule has 1 atom stereocenters. The molecular formula is C19H27N3O4. The second-order valence-electron chi connectivity index (χ2n) is 6.91. The topological polar surface area (TPSA) is 122 Å². The molecule has 7 heteroatoms. The van der Waals surface area contributed by atoms with Gasteiger partial charge in [-0.3, -0.25) is 14.4 Å². The summed E-state index contributed by atoms with van der Waals surface area (Å²) in [7, 11) is 0. The molecule has 1 aliphatic heterocycles. The van der Waals surface area contributed by atoms with Crippen LogP contribution >= 0.6 is 0 Å². The molecule has 0 aliphatic carbocycles. The maximum absolute atomic E-state index is 12.5. The third-order valence-electron chi connectivity index (χ3n) is 5.02. The molecule has 2 amide bonds. The number of carboxylic acid groups (broad SMARTS) is 1. The van der Waals surface area contributed by atoms with Crippen molar-refractivity contribution >= 4 is 17.8 Å². The van der Waals surface area contributed by atoms with Gasteiger partial charge in [0, 0.05) is 0 Å². The third-order valence-corrected chi connectivity index (χ3v) is 5.02. The minimum atomic E-state index is -1.14. The average Bonchev–Trinajstić information content (AvgIpc) is 2.60. The Morgan fingerprint density at radius 1 is 1.31 bits per heavy atom. The molecule has 0 saturated carbocycles. The van der Waals surface area contributed by atoms with E-state index in [1.807, 2.05) is 6.92 Å². The van der Waals surface area contributed by atoms with Gasteiger partial charge in [-0.1, -0.05) is 6.07 Å². The lowest BCUT2D eigenvalue weighted by Gasteiger charge is -2.23. The van der Waals surface area contributed by atoms with E-state index in [0.717, 1.165) is 43.5 Å². The summed E-state index contributed by atoms with van der Waals surface area (Å²) in [6, 6.07) is 2.26. The summed E-state index contributed by atoms with van der Waals surface area (Å²) in [6.07, 6.45) is 3.80. The highest BCUT2D eigenvalue weighted by atomic mass is 16.4. The van der Waals surface area contributed by atoms with Gasteiger partial charge in [0.15, 0.2) is 0 Å². The number of primary amides is 1. The van der Waals surface area contributed by atoms with E-state index in [1.54, 1.807) is 6.07 Å². The second kappa shape index (κ2) is 8.80. The van der Waals surface area contributed by atoms with Crippen molar-refractivity contribution in [2.24, 2.45) is 11.7 Å². The van der Waals surface area contributed by atoms with E-state index in [9.17, 15) is 14.4 Å². The van der Waals surface area contributed by atoms with E-state index in [1.165, 1.54) is 13.0 Å². The van der Waals surface area contributed by atoms with Crippen LogP contribution in [0.15, 0.2) is 12.1 Å². The fourth-order valence-corrected chi connectivity index (χ4v) is 3.40. The minimum Gasteiger partial charge on any atom is -0.480 e. The number of rotatable bonds is 7. The number of piperidine rings is 1. The predicted molar refractivity (Wildman–Crippen MR) is 98.2 cm³/mol. The maximum atomic E-state index is 12.5. The Hall–Kier alpha value is -2.41. The van der Waals surface area contributed by atoms with Crippen molar-refractivity contribution in [1.29, 1.82) is 0 Å². The van der Waals surface area contributed by atoms with Gasteiger partial charge in [-0.15, -0.1) is 0 Å². The molecule has 5 N–H and O–H groups in total. The van der Waals surface area contributed by atoms with Crippen molar-refractivity contribution in [2.75, 3.05) is 13.1 Å². The van der Waals surface area contributed by atoms with E-state index in [2.05, 4.69) is 10.6 Å². The molecule has 142 valence electrons. The van der Waals surface area contributed by atoms with Crippen molar-refractivity contribution < 1.29 is 19.5 Å². The van der Waals surface area contributed by atoms with Gasteiger partial charge >= 0.3 is 5.97 Å². The van der Waals surface area contributed by atoms with Gasteiger partial charge in [-0.05, 0) is 75.7 Å². The van der Waals surface area contributed by atoms with E-state index in [-0.39, 0.29) is 11.1 Å². The van der Waals surface area contributed by atoms with Gasteiger partial charge in [0.1, 0.15) is 6.04 Å². The van der Waals surface area contributed by atoms with E-state index >= 15 is 0 Å². The maximum Gasteiger partial charge on any atom is 0.325 e. The molecule has 0 bridgehead atoms. The Morgan fingerprint density at radius 3 is 2.54 bits per heavy atom. The van der Waals surface area contributed by atoms with Gasteiger partial charge < -0.3 is 21.5 Å². The van der Waals surface area contributed by atoms with Crippen LogP contribution < -0.4 is 16.4 Å². The first-order chi connectivity index (χ1) is 12.3. The predicted octanol–water partition coefficient (Wildman–Crippen LogP) is 1.23. The number of benzene rings is 1. The molecule has 1 saturated heterocycles. The lowest BCUT2D eigenvalue weighted by Crippen LogP contribution is -2.39. The number of carboxylic acids is 1.